The summed E-state index contributed by atoms with van der Waals surface area (Å²) in [6.45, 7) is 1.16. The third-order valence-electron chi connectivity index (χ3n) is 1.82. The molecular weight excluding hydrogens is 174 g/mol. The fraction of sp³-hybridized carbons (Fsp3) is 0.625. The van der Waals surface area contributed by atoms with Crippen LogP contribution < -0.4 is 0 Å². The zero-order valence-electron chi connectivity index (χ0n) is 7.06. The topological polar surface area (TPSA) is 40.5 Å². The fourth-order valence-corrected chi connectivity index (χ4v) is 1.43. The van der Waals surface area contributed by atoms with Crippen molar-refractivity contribution >= 4 is 17.7 Å². The van der Waals surface area contributed by atoms with Gasteiger partial charge >= 0.3 is 0 Å². The Labute approximate surface area is 76.4 Å². The van der Waals surface area contributed by atoms with Crippen LogP contribution in [0.3, 0.4) is 0 Å². The fourth-order valence-electron chi connectivity index (χ4n) is 1.17. The number of likely N-dealkylation sites (tertiary alicyclic amines) is 1. The molecule has 0 saturated carbocycles. The summed E-state index contributed by atoms with van der Waals surface area (Å²) in [7, 11) is 0. The molecule has 12 heavy (non-hydrogen) atoms. The van der Waals surface area contributed by atoms with Crippen LogP contribution in [0.2, 0.25) is 0 Å². The van der Waals surface area contributed by atoms with E-state index in [1.807, 2.05) is 6.26 Å². The smallest absolute Gasteiger partial charge is 0.247 e. The van der Waals surface area contributed by atoms with Gasteiger partial charge in [0.15, 0.2) is 0 Å². The number of carbonyl (C=O) groups is 1. The summed E-state index contributed by atoms with van der Waals surface area (Å²) >= 11 is 1.50. The Kier molecular flexibility index (Phi) is 3.62. The molecular formula is C8H13NO2S. The van der Waals surface area contributed by atoms with Gasteiger partial charge in [-0.15, -0.1) is 11.8 Å². The predicted octanol–water partition coefficient (Wildman–Crippen LogP) is 0.456. The molecule has 0 bridgehead atoms. The molecule has 0 aromatic carbocycles. The number of β-amino-alcohol motifs (C(OH)–C–C–N with tert-alkyl or cyclic N) is 1. The monoisotopic (exact) mass is 187 g/mol. The largest absolute Gasteiger partial charge is 0.391 e. The lowest BCUT2D eigenvalue weighted by molar-refractivity contribution is -0.125. The highest BCUT2D eigenvalue weighted by Gasteiger charge is 2.22. The molecule has 0 aromatic rings. The maximum atomic E-state index is 11.3. The number of carbonyl (C=O) groups excluding carboxylic acids is 1. The average molecular weight is 187 g/mol. The highest BCUT2D eigenvalue weighted by Crippen LogP contribution is 2.09. The Morgan fingerprint density at radius 3 is 3.00 bits per heavy atom. The van der Waals surface area contributed by atoms with Gasteiger partial charge in [0.05, 0.1) is 6.10 Å². The van der Waals surface area contributed by atoms with Crippen LogP contribution in [0.5, 0.6) is 0 Å². The molecule has 0 radical (unpaired) electrons. The first-order valence-corrected chi connectivity index (χ1v) is 5.19. The summed E-state index contributed by atoms with van der Waals surface area (Å²) in [5.41, 5.74) is 0. The van der Waals surface area contributed by atoms with Gasteiger partial charge in [-0.3, -0.25) is 4.79 Å². The molecule has 1 amide bonds. The molecule has 68 valence electrons. The van der Waals surface area contributed by atoms with E-state index in [1.54, 1.807) is 16.4 Å². The third kappa shape index (κ3) is 2.53. The van der Waals surface area contributed by atoms with Crippen LogP contribution in [-0.2, 0) is 4.79 Å². The summed E-state index contributed by atoms with van der Waals surface area (Å²) in [6, 6.07) is 0. The lowest BCUT2D eigenvalue weighted by atomic mass is 10.3. The number of amides is 1. The summed E-state index contributed by atoms with van der Waals surface area (Å²) in [5.74, 6) is 0.000833. The van der Waals surface area contributed by atoms with Crippen LogP contribution in [0.1, 0.15) is 6.42 Å². The maximum Gasteiger partial charge on any atom is 0.247 e. The van der Waals surface area contributed by atoms with Gasteiger partial charge in [-0.2, -0.15) is 0 Å². The van der Waals surface area contributed by atoms with Crippen molar-refractivity contribution in [1.29, 1.82) is 0 Å². The van der Waals surface area contributed by atoms with E-state index in [0.717, 1.165) is 0 Å². The highest BCUT2D eigenvalue weighted by molar-refractivity contribution is 8.01. The van der Waals surface area contributed by atoms with Crippen LogP contribution in [0.25, 0.3) is 0 Å². The Morgan fingerprint density at radius 2 is 2.50 bits per heavy atom. The zero-order chi connectivity index (χ0) is 8.97. The summed E-state index contributed by atoms with van der Waals surface area (Å²) < 4.78 is 0. The van der Waals surface area contributed by atoms with Crippen LogP contribution in [-0.4, -0.2) is 41.4 Å². The number of rotatable bonds is 2. The first-order valence-electron chi connectivity index (χ1n) is 3.90. The minimum atomic E-state index is -0.323. The maximum absolute atomic E-state index is 11.3. The predicted molar refractivity (Wildman–Crippen MR) is 49.9 cm³/mol. The van der Waals surface area contributed by atoms with Gasteiger partial charge < -0.3 is 10.0 Å². The molecule has 1 N–H and O–H groups in total. The number of hydrogen-bond acceptors (Lipinski definition) is 3. The van der Waals surface area contributed by atoms with Crippen LogP contribution in [0, 0.1) is 0 Å². The number of aliphatic hydroxyl groups excluding tert-OH is 1. The molecule has 1 saturated heterocycles. The molecule has 3 nitrogen and oxygen atoms in total. The van der Waals surface area contributed by atoms with Gasteiger partial charge in [-0.1, -0.05) is 0 Å². The molecule has 1 fully saturated rings. The molecule has 1 rings (SSSR count). The van der Waals surface area contributed by atoms with E-state index in [2.05, 4.69) is 0 Å². The number of aliphatic hydroxyl groups is 1. The van der Waals surface area contributed by atoms with E-state index >= 15 is 0 Å². The molecule has 0 unspecified atom stereocenters. The van der Waals surface area contributed by atoms with Crippen molar-refractivity contribution in [2.24, 2.45) is 0 Å². The minimum Gasteiger partial charge on any atom is -0.391 e. The second kappa shape index (κ2) is 4.52. The van der Waals surface area contributed by atoms with E-state index in [1.165, 1.54) is 11.8 Å². The standard InChI is InChI=1S/C8H13NO2S/c1-12-5-3-8(11)9-4-2-7(10)6-9/h3,5,7,10H,2,4,6H2,1H3/b5-3+/t7-/m1/s1. The zero-order valence-corrected chi connectivity index (χ0v) is 7.88. The number of thioether (sulfide) groups is 1. The van der Waals surface area contributed by atoms with Crippen molar-refractivity contribution in [2.75, 3.05) is 19.3 Å². The normalized spacial score (nSPS) is 23.8. The molecule has 1 heterocycles. The van der Waals surface area contributed by atoms with Gasteiger partial charge in [0.2, 0.25) is 5.91 Å². The van der Waals surface area contributed by atoms with Gasteiger partial charge in [-0.25, -0.2) is 0 Å². The van der Waals surface area contributed by atoms with Crippen LogP contribution in [0.4, 0.5) is 0 Å². The molecule has 0 spiro atoms. The van der Waals surface area contributed by atoms with E-state index in [-0.39, 0.29) is 12.0 Å². The lowest BCUT2D eigenvalue weighted by Gasteiger charge is -2.11. The third-order valence-corrected chi connectivity index (χ3v) is 2.23. The van der Waals surface area contributed by atoms with Crippen molar-refractivity contribution in [1.82, 2.24) is 4.90 Å². The van der Waals surface area contributed by atoms with Gasteiger partial charge in [0.25, 0.3) is 0 Å². The van der Waals surface area contributed by atoms with Crippen LogP contribution in [0.15, 0.2) is 11.5 Å². The summed E-state index contributed by atoms with van der Waals surface area (Å²) in [5, 5.41) is 10.9. The van der Waals surface area contributed by atoms with Crippen molar-refractivity contribution < 1.29 is 9.90 Å². The van der Waals surface area contributed by atoms with E-state index in [0.29, 0.717) is 19.5 Å². The van der Waals surface area contributed by atoms with Gasteiger partial charge in [-0.05, 0) is 18.1 Å². The average Bonchev–Trinajstić information content (AvgIpc) is 2.47. The van der Waals surface area contributed by atoms with E-state index in [9.17, 15) is 4.79 Å². The van der Waals surface area contributed by atoms with Crippen molar-refractivity contribution in [3.63, 3.8) is 0 Å². The first kappa shape index (κ1) is 9.61. The highest BCUT2D eigenvalue weighted by atomic mass is 32.2. The first-order chi connectivity index (χ1) is 5.74. The Hall–Kier alpha value is -0.480. The molecule has 4 heteroatoms. The quantitative estimate of drug-likeness (QED) is 0.638. The van der Waals surface area contributed by atoms with Crippen molar-refractivity contribution in [3.8, 4) is 0 Å². The lowest BCUT2D eigenvalue weighted by Crippen LogP contribution is -2.27. The molecule has 1 aliphatic heterocycles. The van der Waals surface area contributed by atoms with Crippen molar-refractivity contribution in [2.45, 2.75) is 12.5 Å². The van der Waals surface area contributed by atoms with Crippen molar-refractivity contribution in [3.05, 3.63) is 11.5 Å². The number of hydrogen-bond donors (Lipinski definition) is 1. The van der Waals surface area contributed by atoms with E-state index in [4.69, 9.17) is 5.11 Å². The minimum absolute atomic E-state index is 0.000833. The Morgan fingerprint density at radius 1 is 1.75 bits per heavy atom. The SMILES string of the molecule is CS/C=C/C(=O)N1CC[C@@H](O)C1. The Balaban J connectivity index is 2.38. The second-order valence-electron chi connectivity index (χ2n) is 2.77. The molecule has 1 atom stereocenters. The van der Waals surface area contributed by atoms with Crippen LogP contribution >= 0.6 is 11.8 Å². The van der Waals surface area contributed by atoms with Gasteiger partial charge in [0, 0.05) is 19.2 Å². The van der Waals surface area contributed by atoms with Gasteiger partial charge in [0.1, 0.15) is 0 Å². The molecule has 0 aromatic heterocycles. The summed E-state index contributed by atoms with van der Waals surface area (Å²) in [6.07, 6.45) is 3.83. The second-order valence-corrected chi connectivity index (χ2v) is 3.51. The number of nitrogens with zero attached hydrogens (tertiary/aromatic N) is 1. The molecule has 0 aliphatic carbocycles. The molecule has 1 aliphatic rings. The summed E-state index contributed by atoms with van der Waals surface area (Å²) in [4.78, 5) is 12.9. The Bertz CT molecular complexity index is 193. The van der Waals surface area contributed by atoms with E-state index < -0.39 is 0 Å².